The fourth-order valence-electron chi connectivity index (χ4n) is 1.73. The molecule has 2 rings (SSSR count). The zero-order valence-corrected chi connectivity index (χ0v) is 11.2. The Bertz CT molecular complexity index is 363. The van der Waals surface area contributed by atoms with E-state index in [0.29, 0.717) is 13.2 Å². The molecule has 1 aliphatic rings. The SMILES string of the molecule is CN(Cc1ccsc1)C(=O)NO[C@H]1CCCCO1. The van der Waals surface area contributed by atoms with Gasteiger partial charge in [0.05, 0.1) is 0 Å². The number of amides is 2. The molecule has 1 saturated heterocycles. The largest absolute Gasteiger partial charge is 0.350 e. The molecule has 0 aromatic carbocycles. The summed E-state index contributed by atoms with van der Waals surface area (Å²) >= 11 is 1.62. The van der Waals surface area contributed by atoms with E-state index >= 15 is 0 Å². The van der Waals surface area contributed by atoms with Crippen molar-refractivity contribution in [2.45, 2.75) is 32.1 Å². The fourth-order valence-corrected chi connectivity index (χ4v) is 2.39. The molecular formula is C12H18N2O3S. The van der Waals surface area contributed by atoms with Crippen LogP contribution in [0.3, 0.4) is 0 Å². The molecule has 100 valence electrons. The minimum atomic E-state index is -0.308. The highest BCUT2D eigenvalue weighted by Gasteiger charge is 2.17. The lowest BCUT2D eigenvalue weighted by atomic mass is 10.2. The average Bonchev–Trinajstić information content (AvgIpc) is 2.90. The van der Waals surface area contributed by atoms with Gasteiger partial charge < -0.3 is 9.64 Å². The molecular weight excluding hydrogens is 252 g/mol. The third kappa shape index (κ3) is 3.97. The number of nitrogens with one attached hydrogen (secondary N) is 1. The van der Waals surface area contributed by atoms with Crippen LogP contribution in [0.2, 0.25) is 0 Å². The molecule has 1 N–H and O–H groups in total. The highest BCUT2D eigenvalue weighted by atomic mass is 32.1. The van der Waals surface area contributed by atoms with Crippen molar-refractivity contribution in [3.63, 3.8) is 0 Å². The summed E-state index contributed by atoms with van der Waals surface area (Å²) in [6, 6.07) is 1.75. The maximum absolute atomic E-state index is 11.7. The Morgan fingerprint density at radius 3 is 3.22 bits per heavy atom. The summed E-state index contributed by atoms with van der Waals surface area (Å²) in [7, 11) is 1.73. The standard InChI is InChI=1S/C12H18N2O3S/c1-14(8-10-5-7-18-9-10)12(15)13-17-11-4-2-3-6-16-11/h5,7,9,11H,2-4,6,8H2,1H3,(H,13,15)/t11-/m0/s1. The van der Waals surface area contributed by atoms with E-state index in [4.69, 9.17) is 9.57 Å². The van der Waals surface area contributed by atoms with Crippen molar-refractivity contribution in [2.75, 3.05) is 13.7 Å². The zero-order valence-electron chi connectivity index (χ0n) is 10.4. The lowest BCUT2D eigenvalue weighted by Gasteiger charge is -2.24. The minimum absolute atomic E-state index is 0.254. The van der Waals surface area contributed by atoms with Crippen LogP contribution in [-0.2, 0) is 16.1 Å². The smallest absolute Gasteiger partial charge is 0.341 e. The molecule has 1 aliphatic heterocycles. The van der Waals surface area contributed by atoms with Crippen LogP contribution in [0.25, 0.3) is 0 Å². The van der Waals surface area contributed by atoms with Crippen LogP contribution in [-0.4, -0.2) is 30.9 Å². The quantitative estimate of drug-likeness (QED) is 0.854. The fraction of sp³-hybridized carbons (Fsp3) is 0.583. The van der Waals surface area contributed by atoms with Gasteiger partial charge in [0.15, 0.2) is 6.29 Å². The molecule has 0 unspecified atom stereocenters. The van der Waals surface area contributed by atoms with Gasteiger partial charge in [-0.3, -0.25) is 0 Å². The summed E-state index contributed by atoms with van der Waals surface area (Å²) in [5.74, 6) is 0. The van der Waals surface area contributed by atoms with Crippen LogP contribution in [0.4, 0.5) is 4.79 Å². The number of thiophene rings is 1. The van der Waals surface area contributed by atoms with Gasteiger partial charge >= 0.3 is 6.03 Å². The maximum atomic E-state index is 11.7. The van der Waals surface area contributed by atoms with Gasteiger partial charge in [-0.05, 0) is 35.2 Å². The molecule has 6 heteroatoms. The predicted molar refractivity (Wildman–Crippen MR) is 69.0 cm³/mol. The monoisotopic (exact) mass is 270 g/mol. The Morgan fingerprint density at radius 1 is 1.67 bits per heavy atom. The number of hydrogen-bond donors (Lipinski definition) is 1. The Kier molecular flexibility index (Phi) is 4.98. The van der Waals surface area contributed by atoms with E-state index in [1.165, 1.54) is 0 Å². The van der Waals surface area contributed by atoms with E-state index in [9.17, 15) is 4.79 Å². The Hall–Kier alpha value is -1.11. The molecule has 2 heterocycles. The zero-order chi connectivity index (χ0) is 12.8. The van der Waals surface area contributed by atoms with Crippen molar-refractivity contribution in [1.82, 2.24) is 10.4 Å². The van der Waals surface area contributed by atoms with Crippen LogP contribution in [0.1, 0.15) is 24.8 Å². The molecule has 0 spiro atoms. The highest BCUT2D eigenvalue weighted by molar-refractivity contribution is 7.07. The lowest BCUT2D eigenvalue weighted by molar-refractivity contribution is -0.187. The van der Waals surface area contributed by atoms with Crippen molar-refractivity contribution < 1.29 is 14.4 Å². The minimum Gasteiger partial charge on any atom is -0.350 e. The molecule has 0 radical (unpaired) electrons. The number of carbonyl (C=O) groups is 1. The molecule has 1 aromatic rings. The first kappa shape index (κ1) is 13.3. The first-order valence-corrected chi connectivity index (χ1v) is 6.99. The van der Waals surface area contributed by atoms with Crippen LogP contribution >= 0.6 is 11.3 Å². The third-order valence-corrected chi connectivity index (χ3v) is 3.49. The van der Waals surface area contributed by atoms with E-state index in [0.717, 1.165) is 24.8 Å². The molecule has 1 aromatic heterocycles. The third-order valence-electron chi connectivity index (χ3n) is 2.76. The van der Waals surface area contributed by atoms with Crippen LogP contribution in [0.15, 0.2) is 16.8 Å². The topological polar surface area (TPSA) is 50.8 Å². The molecule has 2 amide bonds. The number of hydroxylamine groups is 1. The number of hydrogen-bond acceptors (Lipinski definition) is 4. The Morgan fingerprint density at radius 2 is 2.56 bits per heavy atom. The molecule has 0 aliphatic carbocycles. The molecule has 5 nitrogen and oxygen atoms in total. The number of rotatable bonds is 4. The summed E-state index contributed by atoms with van der Waals surface area (Å²) in [4.78, 5) is 18.5. The van der Waals surface area contributed by atoms with Gasteiger partial charge in [0.1, 0.15) is 0 Å². The number of carbonyl (C=O) groups excluding carboxylic acids is 1. The van der Waals surface area contributed by atoms with Crippen molar-refractivity contribution >= 4 is 17.4 Å². The van der Waals surface area contributed by atoms with Crippen molar-refractivity contribution in [3.05, 3.63) is 22.4 Å². The second kappa shape index (κ2) is 6.72. The van der Waals surface area contributed by atoms with Gasteiger partial charge in [-0.15, -0.1) is 0 Å². The second-order valence-electron chi connectivity index (χ2n) is 4.31. The maximum Gasteiger partial charge on any atom is 0.341 e. The number of ether oxygens (including phenoxy) is 1. The average molecular weight is 270 g/mol. The van der Waals surface area contributed by atoms with E-state index in [1.807, 2.05) is 16.8 Å². The van der Waals surface area contributed by atoms with Gasteiger partial charge in [0, 0.05) is 26.6 Å². The number of nitrogens with zero attached hydrogens (tertiary/aromatic N) is 1. The molecule has 0 saturated carbocycles. The predicted octanol–water partition coefficient (Wildman–Crippen LogP) is 2.35. The van der Waals surface area contributed by atoms with Crippen molar-refractivity contribution in [1.29, 1.82) is 0 Å². The van der Waals surface area contributed by atoms with Gasteiger partial charge in [-0.25, -0.2) is 15.1 Å². The van der Waals surface area contributed by atoms with Crippen molar-refractivity contribution in [2.24, 2.45) is 0 Å². The van der Waals surface area contributed by atoms with Gasteiger partial charge in [-0.2, -0.15) is 11.3 Å². The summed E-state index contributed by atoms with van der Waals surface area (Å²) in [5, 5.41) is 4.02. The summed E-state index contributed by atoms with van der Waals surface area (Å²) in [6.45, 7) is 1.27. The molecule has 1 fully saturated rings. The van der Waals surface area contributed by atoms with Crippen LogP contribution in [0.5, 0.6) is 0 Å². The number of urea groups is 1. The summed E-state index contributed by atoms with van der Waals surface area (Å²) < 4.78 is 5.36. The Balaban J connectivity index is 1.70. The van der Waals surface area contributed by atoms with Crippen LogP contribution < -0.4 is 5.48 Å². The molecule has 1 atom stereocenters. The van der Waals surface area contributed by atoms with Gasteiger partial charge in [-0.1, -0.05) is 0 Å². The summed E-state index contributed by atoms with van der Waals surface area (Å²) in [6.07, 6.45) is 2.66. The second-order valence-corrected chi connectivity index (χ2v) is 5.09. The highest BCUT2D eigenvalue weighted by Crippen LogP contribution is 2.13. The Labute approximate surface area is 111 Å². The first-order chi connectivity index (χ1) is 8.75. The van der Waals surface area contributed by atoms with Gasteiger partial charge in [0.2, 0.25) is 0 Å². The van der Waals surface area contributed by atoms with E-state index in [-0.39, 0.29) is 12.3 Å². The van der Waals surface area contributed by atoms with E-state index < -0.39 is 0 Å². The normalized spacial score (nSPS) is 19.5. The molecule has 0 bridgehead atoms. The molecule has 18 heavy (non-hydrogen) atoms. The van der Waals surface area contributed by atoms with E-state index in [2.05, 4.69) is 5.48 Å². The first-order valence-electron chi connectivity index (χ1n) is 6.05. The van der Waals surface area contributed by atoms with E-state index in [1.54, 1.807) is 23.3 Å². The lowest BCUT2D eigenvalue weighted by Crippen LogP contribution is -2.40. The van der Waals surface area contributed by atoms with Crippen LogP contribution in [0, 0.1) is 0 Å². The van der Waals surface area contributed by atoms with Crippen molar-refractivity contribution in [3.8, 4) is 0 Å². The summed E-state index contributed by atoms with van der Waals surface area (Å²) in [5.41, 5.74) is 3.55. The van der Waals surface area contributed by atoms with Gasteiger partial charge in [0.25, 0.3) is 0 Å².